The summed E-state index contributed by atoms with van der Waals surface area (Å²) in [7, 11) is 3.98. The van der Waals surface area contributed by atoms with E-state index in [4.69, 9.17) is 9.47 Å². The molecule has 4 aromatic rings. The number of fused-ring (bicyclic) bond motifs is 2. The van der Waals surface area contributed by atoms with E-state index >= 15 is 4.39 Å². The molecule has 37 heavy (non-hydrogen) atoms. The Hall–Kier alpha value is -3.60. The largest absolute Gasteiger partial charge is 0.488 e. The molecule has 0 saturated carbocycles. The minimum Gasteiger partial charge on any atom is -0.488 e. The number of halogens is 1. The zero-order valence-electron chi connectivity index (χ0n) is 21.2. The highest BCUT2D eigenvalue weighted by molar-refractivity contribution is 5.98. The van der Waals surface area contributed by atoms with Gasteiger partial charge in [-0.05, 0) is 51.4 Å². The lowest BCUT2D eigenvalue weighted by molar-refractivity contribution is 0.0727. The van der Waals surface area contributed by atoms with Crippen molar-refractivity contribution in [2.75, 3.05) is 57.2 Å². The van der Waals surface area contributed by atoms with Gasteiger partial charge >= 0.3 is 0 Å². The van der Waals surface area contributed by atoms with E-state index in [2.05, 4.69) is 30.1 Å². The molecule has 1 aliphatic rings. The average Bonchev–Trinajstić information content (AvgIpc) is 2.89. The van der Waals surface area contributed by atoms with E-state index in [0.29, 0.717) is 59.7 Å². The van der Waals surface area contributed by atoms with Crippen molar-refractivity contribution in [1.82, 2.24) is 19.9 Å². The summed E-state index contributed by atoms with van der Waals surface area (Å²) >= 11 is 0. The number of nitrogens with one attached hydrogen (secondary N) is 1. The van der Waals surface area contributed by atoms with Gasteiger partial charge in [-0.1, -0.05) is 0 Å². The molecule has 5 rings (SSSR count). The van der Waals surface area contributed by atoms with E-state index in [1.54, 1.807) is 30.5 Å². The standard InChI is InChI=1S/C27H31FN6O3/c1-17(13-33(2)3)37-24-12-18(34-9-10-36-15-19(34)14-35)11-23-25(24)27(31-16-30-23)32-22-7-6-21-20(26(22)28)5-4-8-29-21/h4-8,11-12,16-17,19,35H,9-10,13-15H2,1-3H3,(H,30,31,32)/t17-,19+/m1/s1. The fourth-order valence-corrected chi connectivity index (χ4v) is 4.75. The van der Waals surface area contributed by atoms with E-state index in [9.17, 15) is 5.11 Å². The van der Waals surface area contributed by atoms with Gasteiger partial charge in [0.15, 0.2) is 5.82 Å². The van der Waals surface area contributed by atoms with Gasteiger partial charge in [-0.2, -0.15) is 0 Å². The minimum absolute atomic E-state index is 0.0298. The number of nitrogens with zero attached hydrogens (tertiary/aromatic N) is 5. The van der Waals surface area contributed by atoms with Crippen molar-refractivity contribution in [1.29, 1.82) is 0 Å². The van der Waals surface area contributed by atoms with Crippen LogP contribution in [0.4, 0.5) is 21.6 Å². The van der Waals surface area contributed by atoms with Crippen LogP contribution in [0.5, 0.6) is 5.75 Å². The van der Waals surface area contributed by atoms with Gasteiger partial charge in [-0.25, -0.2) is 14.4 Å². The number of aliphatic hydroxyl groups is 1. The van der Waals surface area contributed by atoms with E-state index in [-0.39, 0.29) is 24.4 Å². The first-order valence-corrected chi connectivity index (χ1v) is 12.3. The minimum atomic E-state index is -0.406. The first-order chi connectivity index (χ1) is 17.9. The van der Waals surface area contributed by atoms with Crippen LogP contribution in [-0.2, 0) is 4.74 Å². The molecule has 0 bridgehead atoms. The number of ether oxygens (including phenoxy) is 2. The highest BCUT2D eigenvalue weighted by atomic mass is 19.1. The third-order valence-electron chi connectivity index (χ3n) is 6.38. The van der Waals surface area contributed by atoms with Gasteiger partial charge in [0, 0.05) is 36.4 Å². The van der Waals surface area contributed by atoms with Crippen molar-refractivity contribution in [3.8, 4) is 5.75 Å². The van der Waals surface area contributed by atoms with Crippen molar-refractivity contribution in [3.05, 3.63) is 54.7 Å². The highest BCUT2D eigenvalue weighted by Gasteiger charge is 2.25. The van der Waals surface area contributed by atoms with Gasteiger partial charge in [-0.3, -0.25) is 4.98 Å². The maximum atomic E-state index is 15.4. The summed E-state index contributed by atoms with van der Waals surface area (Å²) in [6, 6.07) is 10.6. The topological polar surface area (TPSA) is 95.9 Å². The fourth-order valence-electron chi connectivity index (χ4n) is 4.75. The number of benzene rings is 2. The average molecular weight is 507 g/mol. The lowest BCUT2D eigenvalue weighted by Crippen LogP contribution is -2.47. The molecule has 0 aliphatic carbocycles. The number of rotatable bonds is 8. The number of aromatic nitrogens is 3. The summed E-state index contributed by atoms with van der Waals surface area (Å²) in [5.41, 5.74) is 2.38. The van der Waals surface area contributed by atoms with Gasteiger partial charge in [0.1, 0.15) is 24.0 Å². The van der Waals surface area contributed by atoms with Crippen LogP contribution >= 0.6 is 0 Å². The molecule has 1 saturated heterocycles. The highest BCUT2D eigenvalue weighted by Crippen LogP contribution is 2.38. The van der Waals surface area contributed by atoms with E-state index in [1.807, 2.05) is 33.2 Å². The zero-order valence-corrected chi connectivity index (χ0v) is 21.2. The molecule has 2 atom stereocenters. The van der Waals surface area contributed by atoms with Crippen molar-refractivity contribution in [2.45, 2.75) is 19.1 Å². The third-order valence-corrected chi connectivity index (χ3v) is 6.38. The van der Waals surface area contributed by atoms with Crippen LogP contribution < -0.4 is 15.0 Å². The number of morpholine rings is 1. The second kappa shape index (κ2) is 10.8. The van der Waals surface area contributed by atoms with Gasteiger partial charge in [0.25, 0.3) is 0 Å². The number of hydrogen-bond acceptors (Lipinski definition) is 9. The summed E-state index contributed by atoms with van der Waals surface area (Å²) < 4.78 is 27.4. The fraction of sp³-hybridized carbons (Fsp3) is 0.370. The number of aliphatic hydroxyl groups excluding tert-OH is 1. The van der Waals surface area contributed by atoms with Gasteiger partial charge < -0.3 is 29.7 Å². The molecule has 0 radical (unpaired) electrons. The van der Waals surface area contributed by atoms with Gasteiger partial charge in [-0.15, -0.1) is 0 Å². The van der Waals surface area contributed by atoms with E-state index in [0.717, 1.165) is 5.69 Å². The van der Waals surface area contributed by atoms with E-state index in [1.165, 1.54) is 6.33 Å². The molecule has 2 aromatic heterocycles. The van der Waals surface area contributed by atoms with Crippen LogP contribution in [0, 0.1) is 5.82 Å². The lowest BCUT2D eigenvalue weighted by Gasteiger charge is -2.36. The number of pyridine rings is 1. The van der Waals surface area contributed by atoms with Crippen LogP contribution in [0.3, 0.4) is 0 Å². The molecule has 0 spiro atoms. The predicted molar refractivity (Wildman–Crippen MR) is 142 cm³/mol. The Morgan fingerprint density at radius 2 is 2.08 bits per heavy atom. The van der Waals surface area contributed by atoms with Crippen LogP contribution in [0.15, 0.2) is 48.9 Å². The summed E-state index contributed by atoms with van der Waals surface area (Å²) in [4.78, 5) is 17.4. The zero-order chi connectivity index (χ0) is 25.9. The molecule has 1 fully saturated rings. The summed E-state index contributed by atoms with van der Waals surface area (Å²) in [6.45, 7) is 4.30. The molecule has 0 unspecified atom stereocenters. The molecular weight excluding hydrogens is 475 g/mol. The first kappa shape index (κ1) is 25.1. The smallest absolute Gasteiger partial charge is 0.156 e. The van der Waals surface area contributed by atoms with Crippen molar-refractivity contribution < 1.29 is 19.0 Å². The Balaban J connectivity index is 1.60. The van der Waals surface area contributed by atoms with Gasteiger partial charge in [0.05, 0.1) is 48.0 Å². The summed E-state index contributed by atoms with van der Waals surface area (Å²) in [5.74, 6) is 0.610. The summed E-state index contributed by atoms with van der Waals surface area (Å²) in [5, 5.41) is 14.2. The van der Waals surface area contributed by atoms with Crippen LogP contribution in [-0.4, -0.2) is 84.1 Å². The monoisotopic (exact) mass is 506 g/mol. The van der Waals surface area contributed by atoms with Crippen LogP contribution in [0.1, 0.15) is 6.92 Å². The predicted octanol–water partition coefficient (Wildman–Crippen LogP) is 3.59. The lowest BCUT2D eigenvalue weighted by atomic mass is 10.1. The molecule has 2 N–H and O–H groups in total. The van der Waals surface area contributed by atoms with Gasteiger partial charge in [0.2, 0.25) is 0 Å². The molecular formula is C27H31FN6O3. The van der Waals surface area contributed by atoms with Crippen molar-refractivity contribution >= 4 is 39.0 Å². The Labute approximate surface area is 214 Å². The molecule has 3 heterocycles. The normalized spacial score (nSPS) is 16.9. The maximum Gasteiger partial charge on any atom is 0.156 e. The third kappa shape index (κ3) is 5.27. The molecule has 10 heteroatoms. The SMILES string of the molecule is C[C@H](CN(C)C)Oc1cc(N2CCOC[C@@H]2CO)cc2ncnc(Nc3ccc4ncccc4c3F)c12. The number of anilines is 3. The molecule has 2 aromatic carbocycles. The first-order valence-electron chi connectivity index (χ1n) is 12.3. The Kier molecular flexibility index (Phi) is 7.31. The number of hydrogen-bond donors (Lipinski definition) is 2. The molecule has 9 nitrogen and oxygen atoms in total. The van der Waals surface area contributed by atoms with E-state index < -0.39 is 5.82 Å². The molecule has 1 aliphatic heterocycles. The molecule has 194 valence electrons. The maximum absolute atomic E-state index is 15.4. The second-order valence-electron chi connectivity index (χ2n) is 9.48. The Morgan fingerprint density at radius 1 is 1.22 bits per heavy atom. The van der Waals surface area contributed by atoms with Crippen LogP contribution in [0.2, 0.25) is 0 Å². The Bertz CT molecular complexity index is 1400. The molecule has 0 amide bonds. The second-order valence-corrected chi connectivity index (χ2v) is 9.48. The van der Waals surface area contributed by atoms with Crippen LogP contribution in [0.25, 0.3) is 21.8 Å². The van der Waals surface area contributed by atoms with Crippen molar-refractivity contribution in [3.63, 3.8) is 0 Å². The van der Waals surface area contributed by atoms with Crippen molar-refractivity contribution in [2.24, 2.45) is 0 Å². The number of likely N-dealkylation sites (N-methyl/N-ethyl adjacent to an activating group) is 1. The summed E-state index contributed by atoms with van der Waals surface area (Å²) in [6.07, 6.45) is 2.95. The quantitative estimate of drug-likeness (QED) is 0.372. The Morgan fingerprint density at radius 3 is 2.89 bits per heavy atom.